The largest absolute Gasteiger partial charge is 1.00 e. The van der Waals surface area contributed by atoms with E-state index in [-0.39, 0.29) is 92.1 Å². The van der Waals surface area contributed by atoms with Crippen LogP contribution in [0.3, 0.4) is 0 Å². The molecule has 0 saturated carbocycles. The van der Waals surface area contributed by atoms with Crippen molar-refractivity contribution in [3.63, 3.8) is 0 Å². The zero-order chi connectivity index (χ0) is 21.9. The number of carbonyl (C=O) groups excluding carboxylic acids is 2. The Labute approximate surface area is 238 Å². The molecular weight excluding hydrogens is 502 g/mol. The first-order valence-electron chi connectivity index (χ1n) is 8.97. The third-order valence-corrected chi connectivity index (χ3v) is 5.98. The van der Waals surface area contributed by atoms with Crippen LogP contribution in [0.25, 0.3) is 0 Å². The average Bonchev–Trinajstić information content (AvgIpc) is 3.10. The second kappa shape index (κ2) is 13.2. The predicted octanol–water partition coefficient (Wildman–Crippen LogP) is -4.96. The number of nitrogens with one attached hydrogen (secondary N) is 3. The number of likely N-dealkylation sites (tertiary alicyclic amines) is 1. The van der Waals surface area contributed by atoms with Gasteiger partial charge in [0.25, 0.3) is 11.8 Å². The summed E-state index contributed by atoms with van der Waals surface area (Å²) in [5.41, 5.74) is 0.289. The molecule has 0 aliphatic carbocycles. The van der Waals surface area contributed by atoms with Crippen molar-refractivity contribution >= 4 is 48.3 Å². The smallest absolute Gasteiger partial charge is 0.810 e. The van der Waals surface area contributed by atoms with Gasteiger partial charge in [-0.25, -0.2) is 0 Å². The standard InChI is InChI=1S/C17H20Cl2N5O5P.2Na/c18-11-2-1-3-12(19)14(11)16(25)22-13-8-20-23-15(13)17(26)21-10-4-6-24(7-5-10)9-30(27,28)29;;/h1-3,8,10H,4-7,9H2,(H,20,23)(H,21,26)(H,22,25)(H2,27,28,29);;/q;2*+1/p-2. The normalized spacial score (nSPS) is 14.8. The fraction of sp³-hybridized carbons (Fsp3) is 0.353. The Kier molecular flexibility index (Phi) is 12.4. The number of hydrogen-bond donors (Lipinski definition) is 3. The first-order valence-corrected chi connectivity index (χ1v) is 11.5. The van der Waals surface area contributed by atoms with E-state index in [1.807, 2.05) is 0 Å². The summed E-state index contributed by atoms with van der Waals surface area (Å²) >= 11 is 12.1. The molecule has 0 atom stereocenters. The Morgan fingerprint density at radius 2 is 1.75 bits per heavy atom. The van der Waals surface area contributed by atoms with Gasteiger partial charge in [0.05, 0.1) is 27.5 Å². The fourth-order valence-electron chi connectivity index (χ4n) is 3.17. The summed E-state index contributed by atoms with van der Waals surface area (Å²) in [5.74, 6) is -1.07. The molecule has 15 heteroatoms. The molecule has 1 aromatic heterocycles. The monoisotopic (exact) mass is 519 g/mol. The third-order valence-electron chi connectivity index (χ3n) is 4.60. The van der Waals surface area contributed by atoms with Crippen LogP contribution in [0.5, 0.6) is 0 Å². The van der Waals surface area contributed by atoms with Gasteiger partial charge in [-0.1, -0.05) is 36.9 Å². The van der Waals surface area contributed by atoms with Gasteiger partial charge in [-0.15, -0.1) is 0 Å². The van der Waals surface area contributed by atoms with Gasteiger partial charge < -0.3 is 25.0 Å². The molecule has 162 valence electrons. The molecule has 10 nitrogen and oxygen atoms in total. The van der Waals surface area contributed by atoms with E-state index in [2.05, 4.69) is 20.8 Å². The Morgan fingerprint density at radius 1 is 1.16 bits per heavy atom. The van der Waals surface area contributed by atoms with Gasteiger partial charge in [-0.3, -0.25) is 19.6 Å². The Morgan fingerprint density at radius 3 is 2.31 bits per heavy atom. The Bertz CT molecular complexity index is 977. The molecule has 3 N–H and O–H groups in total. The second-order valence-electron chi connectivity index (χ2n) is 6.83. The zero-order valence-corrected chi connectivity index (χ0v) is 24.0. The molecule has 0 bridgehead atoms. The molecule has 1 fully saturated rings. The third kappa shape index (κ3) is 8.37. The number of piperidine rings is 1. The van der Waals surface area contributed by atoms with Gasteiger partial charge in [0.2, 0.25) is 0 Å². The molecular formula is C17H18Cl2N5Na2O5P. The average molecular weight is 520 g/mol. The molecule has 1 aliphatic heterocycles. The summed E-state index contributed by atoms with van der Waals surface area (Å²) < 4.78 is 10.9. The van der Waals surface area contributed by atoms with Crippen LogP contribution in [0.15, 0.2) is 24.4 Å². The molecule has 0 unspecified atom stereocenters. The Balaban J connectivity index is 0.00000256. The number of H-pyrrole nitrogens is 1. The number of benzene rings is 1. The zero-order valence-electron chi connectivity index (χ0n) is 17.6. The van der Waals surface area contributed by atoms with Crippen molar-refractivity contribution in [1.29, 1.82) is 0 Å². The molecule has 32 heavy (non-hydrogen) atoms. The van der Waals surface area contributed by atoms with Crippen LogP contribution in [0.4, 0.5) is 5.69 Å². The van der Waals surface area contributed by atoms with Crippen LogP contribution in [0.1, 0.15) is 33.7 Å². The number of hydrogen-bond acceptors (Lipinski definition) is 7. The summed E-state index contributed by atoms with van der Waals surface area (Å²) in [5, 5.41) is 12.1. The topological polar surface area (TPSA) is 153 Å². The number of carbonyl (C=O) groups is 2. The van der Waals surface area contributed by atoms with Gasteiger partial charge in [0.15, 0.2) is 0 Å². The van der Waals surface area contributed by atoms with Gasteiger partial charge in [-0.05, 0) is 25.0 Å². The molecule has 3 rings (SSSR count). The minimum absolute atomic E-state index is 0. The maximum absolute atomic E-state index is 12.6. The van der Waals surface area contributed by atoms with E-state index in [1.54, 1.807) is 11.0 Å². The van der Waals surface area contributed by atoms with Crippen LogP contribution in [-0.4, -0.2) is 52.3 Å². The van der Waals surface area contributed by atoms with Crippen molar-refractivity contribution in [1.82, 2.24) is 20.4 Å². The molecule has 1 aliphatic rings. The molecule has 1 saturated heterocycles. The van der Waals surface area contributed by atoms with Gasteiger partial charge in [0, 0.05) is 25.4 Å². The van der Waals surface area contributed by atoms with E-state index in [4.69, 9.17) is 23.2 Å². The van der Waals surface area contributed by atoms with Crippen molar-refractivity contribution < 1.29 is 83.1 Å². The number of aromatic amines is 1. The molecule has 0 radical (unpaired) electrons. The SMILES string of the molecule is O=C(NC1CCN(CP(=O)([O-])[O-])CC1)c1[nH]ncc1NC(=O)c1c(Cl)cccc1Cl.[Na+].[Na+]. The van der Waals surface area contributed by atoms with Crippen LogP contribution < -0.4 is 79.5 Å². The predicted molar refractivity (Wildman–Crippen MR) is 108 cm³/mol. The van der Waals surface area contributed by atoms with Crippen molar-refractivity contribution in [3.05, 3.63) is 45.7 Å². The maximum Gasteiger partial charge on any atom is 1.00 e. The molecule has 0 spiro atoms. The van der Waals surface area contributed by atoms with Crippen LogP contribution in [0, 0.1) is 0 Å². The fourth-order valence-corrected chi connectivity index (χ4v) is 4.52. The van der Waals surface area contributed by atoms with Crippen molar-refractivity contribution in [2.24, 2.45) is 0 Å². The van der Waals surface area contributed by atoms with Crippen LogP contribution >= 0.6 is 30.8 Å². The minimum atomic E-state index is -4.61. The van der Waals surface area contributed by atoms with Crippen molar-refractivity contribution in [3.8, 4) is 0 Å². The van der Waals surface area contributed by atoms with E-state index in [0.717, 1.165) is 0 Å². The van der Waals surface area contributed by atoms with Crippen molar-refractivity contribution in [2.45, 2.75) is 18.9 Å². The molecule has 2 amide bonds. The van der Waals surface area contributed by atoms with Crippen LogP contribution in [-0.2, 0) is 4.57 Å². The second-order valence-corrected chi connectivity index (χ2v) is 9.15. The summed E-state index contributed by atoms with van der Waals surface area (Å²) in [4.78, 5) is 48.5. The quantitative estimate of drug-likeness (QED) is 0.255. The van der Waals surface area contributed by atoms with E-state index in [0.29, 0.717) is 25.9 Å². The van der Waals surface area contributed by atoms with E-state index >= 15 is 0 Å². The first kappa shape index (κ1) is 30.1. The number of nitrogens with zero attached hydrogens (tertiary/aromatic N) is 2. The summed E-state index contributed by atoms with van der Waals surface area (Å²) in [6.45, 7) is 0.744. The van der Waals surface area contributed by atoms with Gasteiger partial charge in [-0.2, -0.15) is 5.10 Å². The molecule has 1 aromatic carbocycles. The number of amides is 2. The number of aromatic nitrogens is 2. The van der Waals surface area contributed by atoms with Crippen LogP contribution in [0.2, 0.25) is 10.0 Å². The van der Waals surface area contributed by atoms with Gasteiger partial charge >= 0.3 is 59.1 Å². The molecule has 2 heterocycles. The number of rotatable bonds is 6. The van der Waals surface area contributed by atoms with Gasteiger partial charge in [0.1, 0.15) is 5.69 Å². The van der Waals surface area contributed by atoms with E-state index in [9.17, 15) is 23.9 Å². The first-order chi connectivity index (χ1) is 14.1. The maximum atomic E-state index is 12.6. The Hall–Kier alpha value is 0.0600. The minimum Gasteiger partial charge on any atom is -0.810 e. The van der Waals surface area contributed by atoms with Crippen molar-refractivity contribution in [2.75, 3.05) is 24.7 Å². The number of halogens is 2. The van der Waals surface area contributed by atoms with E-state index in [1.165, 1.54) is 18.3 Å². The summed E-state index contributed by atoms with van der Waals surface area (Å²) in [6, 6.07) is 4.44. The molecule has 2 aromatic rings. The number of anilines is 1. The summed E-state index contributed by atoms with van der Waals surface area (Å²) in [7, 11) is -4.61. The summed E-state index contributed by atoms with van der Waals surface area (Å²) in [6.07, 6.45) is 1.74. The van der Waals surface area contributed by atoms with E-state index < -0.39 is 25.7 Å².